The normalized spacial score (nSPS) is 21.5. The molecule has 0 spiro atoms. The van der Waals surface area contributed by atoms with Gasteiger partial charge in [0.1, 0.15) is 0 Å². The van der Waals surface area contributed by atoms with Gasteiger partial charge in [0.15, 0.2) is 5.78 Å². The lowest BCUT2D eigenvalue weighted by atomic mass is 9.68. The van der Waals surface area contributed by atoms with E-state index in [0.29, 0.717) is 0 Å². The van der Waals surface area contributed by atoms with E-state index in [4.69, 9.17) is 0 Å². The van der Waals surface area contributed by atoms with Crippen LogP contribution in [0.5, 0.6) is 0 Å². The van der Waals surface area contributed by atoms with Gasteiger partial charge >= 0.3 is 0 Å². The molecule has 0 saturated heterocycles. The molecule has 0 aliphatic heterocycles. The van der Waals surface area contributed by atoms with E-state index < -0.39 is 0 Å². The van der Waals surface area contributed by atoms with Gasteiger partial charge in [0.05, 0.1) is 0 Å². The third-order valence-electron chi connectivity index (χ3n) is 4.22. The molecule has 0 bridgehead atoms. The second kappa shape index (κ2) is 2.72. The van der Waals surface area contributed by atoms with Gasteiger partial charge in [-0.3, -0.25) is 4.79 Å². The number of hydrogen-bond donors (Lipinski definition) is 0. The van der Waals surface area contributed by atoms with E-state index in [1.807, 2.05) is 26.8 Å². The molecule has 2 rings (SSSR count). The number of Topliss-reactive ketones (excluding diaryl/α,β-unsaturated/α-hetero) is 1. The Morgan fingerprint density at radius 2 is 1.60 bits per heavy atom. The molecule has 1 aliphatic rings. The zero-order valence-electron chi connectivity index (χ0n) is 10.1. The van der Waals surface area contributed by atoms with Gasteiger partial charge < -0.3 is 0 Å². The highest BCUT2D eigenvalue weighted by Gasteiger charge is 2.51. The number of carbonyl (C=O) groups excluding carboxylic acids is 1. The Hall–Kier alpha value is -1.11. The molecule has 1 aliphatic carbocycles. The summed E-state index contributed by atoms with van der Waals surface area (Å²) in [6.07, 6.45) is 0. The van der Waals surface area contributed by atoms with Crippen LogP contribution in [0.1, 0.15) is 49.2 Å². The molecule has 0 amide bonds. The highest BCUT2D eigenvalue weighted by molar-refractivity contribution is 6.06. The lowest BCUT2D eigenvalue weighted by Gasteiger charge is -2.33. The van der Waals surface area contributed by atoms with Crippen molar-refractivity contribution in [3.8, 4) is 0 Å². The van der Waals surface area contributed by atoms with Crippen molar-refractivity contribution in [2.75, 3.05) is 0 Å². The third-order valence-corrected chi connectivity index (χ3v) is 4.22. The topological polar surface area (TPSA) is 17.1 Å². The van der Waals surface area contributed by atoms with Gasteiger partial charge in [-0.15, -0.1) is 0 Å². The van der Waals surface area contributed by atoms with Crippen molar-refractivity contribution in [1.29, 1.82) is 0 Å². The summed E-state index contributed by atoms with van der Waals surface area (Å²) in [7, 11) is 0. The quantitative estimate of drug-likeness (QED) is 0.629. The first-order valence-electron chi connectivity index (χ1n) is 5.44. The van der Waals surface area contributed by atoms with Gasteiger partial charge in [-0.05, 0) is 18.6 Å². The molecule has 80 valence electrons. The van der Waals surface area contributed by atoms with Gasteiger partial charge in [0.2, 0.25) is 0 Å². The second-order valence-electron chi connectivity index (χ2n) is 5.63. The van der Waals surface area contributed by atoms with Crippen LogP contribution >= 0.6 is 0 Å². The minimum atomic E-state index is -0.289. The van der Waals surface area contributed by atoms with Crippen LogP contribution in [0.2, 0.25) is 0 Å². The number of carbonyl (C=O) groups is 1. The predicted molar refractivity (Wildman–Crippen MR) is 62.3 cm³/mol. The predicted octanol–water partition coefficient (Wildman–Crippen LogP) is 3.50. The van der Waals surface area contributed by atoms with E-state index >= 15 is 0 Å². The van der Waals surface area contributed by atoms with Gasteiger partial charge in [-0.1, -0.05) is 45.4 Å². The van der Waals surface area contributed by atoms with Gasteiger partial charge in [0.25, 0.3) is 0 Å². The zero-order chi connectivity index (χ0) is 11.4. The Bertz CT molecular complexity index is 439. The Labute approximate surface area is 91.5 Å². The highest BCUT2D eigenvalue weighted by Crippen LogP contribution is 2.50. The highest BCUT2D eigenvalue weighted by atomic mass is 16.1. The molecule has 1 heteroatoms. The Morgan fingerprint density at radius 3 is 2.20 bits per heavy atom. The average molecular weight is 202 g/mol. The smallest absolute Gasteiger partial charge is 0.169 e. The van der Waals surface area contributed by atoms with Crippen LogP contribution in [0.15, 0.2) is 18.2 Å². The molecule has 1 aromatic carbocycles. The maximum absolute atomic E-state index is 12.3. The molecule has 0 fully saturated rings. The fourth-order valence-corrected chi connectivity index (χ4v) is 2.35. The van der Waals surface area contributed by atoms with Crippen LogP contribution in [0.4, 0.5) is 0 Å². The van der Waals surface area contributed by atoms with Gasteiger partial charge in [0, 0.05) is 16.4 Å². The summed E-state index contributed by atoms with van der Waals surface area (Å²) in [5, 5.41) is 0. The van der Waals surface area contributed by atoms with E-state index in [0.717, 1.165) is 11.1 Å². The fourth-order valence-electron chi connectivity index (χ4n) is 2.35. The van der Waals surface area contributed by atoms with Crippen molar-refractivity contribution in [1.82, 2.24) is 0 Å². The molecule has 15 heavy (non-hydrogen) atoms. The van der Waals surface area contributed by atoms with Crippen LogP contribution in [-0.4, -0.2) is 5.78 Å². The van der Waals surface area contributed by atoms with Crippen molar-refractivity contribution in [3.05, 3.63) is 34.9 Å². The number of hydrogen-bond acceptors (Lipinski definition) is 1. The largest absolute Gasteiger partial charge is 0.294 e. The van der Waals surface area contributed by atoms with Crippen LogP contribution in [0, 0.1) is 12.3 Å². The molecule has 0 radical (unpaired) electrons. The lowest BCUT2D eigenvalue weighted by Crippen LogP contribution is -2.35. The molecule has 0 saturated carbocycles. The molecule has 1 aromatic rings. The van der Waals surface area contributed by atoms with Crippen LogP contribution in [0.25, 0.3) is 0 Å². The summed E-state index contributed by atoms with van der Waals surface area (Å²) in [6.45, 7) is 10.4. The monoisotopic (exact) mass is 202 g/mol. The molecule has 0 unspecified atom stereocenters. The van der Waals surface area contributed by atoms with Gasteiger partial charge in [-0.2, -0.15) is 0 Å². The van der Waals surface area contributed by atoms with E-state index in [2.05, 4.69) is 26.0 Å². The minimum Gasteiger partial charge on any atom is -0.294 e. The molecular weight excluding hydrogens is 184 g/mol. The van der Waals surface area contributed by atoms with E-state index in [-0.39, 0.29) is 16.6 Å². The first-order valence-corrected chi connectivity index (χ1v) is 5.44. The van der Waals surface area contributed by atoms with Crippen molar-refractivity contribution >= 4 is 5.78 Å². The average Bonchev–Trinajstić information content (AvgIpc) is 2.26. The Kier molecular flexibility index (Phi) is 1.89. The summed E-state index contributed by atoms with van der Waals surface area (Å²) in [5.74, 6) is 0.284. The maximum atomic E-state index is 12.3. The first-order chi connectivity index (χ1) is 6.78. The standard InChI is InChI=1S/C14H18O/c1-9-6-7-11-10(8-9)12(15)14(4,5)13(11,2)3/h6-8H,1-5H3. The summed E-state index contributed by atoms with van der Waals surface area (Å²) in [5.41, 5.74) is 2.93. The number of aryl methyl sites for hydroxylation is 1. The number of rotatable bonds is 0. The van der Waals surface area contributed by atoms with Crippen LogP contribution in [-0.2, 0) is 5.41 Å². The summed E-state index contributed by atoms with van der Waals surface area (Å²) in [6, 6.07) is 6.22. The fraction of sp³-hybridized carbons (Fsp3) is 0.500. The third kappa shape index (κ3) is 1.12. The second-order valence-corrected chi connectivity index (χ2v) is 5.63. The van der Waals surface area contributed by atoms with Crippen LogP contribution in [0.3, 0.4) is 0 Å². The van der Waals surface area contributed by atoms with Crippen molar-refractivity contribution < 1.29 is 4.79 Å². The number of benzene rings is 1. The van der Waals surface area contributed by atoms with Crippen LogP contribution < -0.4 is 0 Å². The molecule has 0 N–H and O–H groups in total. The first kappa shape index (κ1) is 10.4. The van der Waals surface area contributed by atoms with Crippen molar-refractivity contribution in [2.24, 2.45) is 5.41 Å². The summed E-state index contributed by atoms with van der Waals surface area (Å²) >= 11 is 0. The van der Waals surface area contributed by atoms with E-state index in [1.165, 1.54) is 5.56 Å². The SMILES string of the molecule is Cc1ccc2c(c1)C(=O)C(C)(C)C2(C)C. The molecule has 1 nitrogen and oxygen atoms in total. The van der Waals surface area contributed by atoms with E-state index in [9.17, 15) is 4.79 Å². The lowest BCUT2D eigenvalue weighted by molar-refractivity contribution is 0.0779. The van der Waals surface area contributed by atoms with E-state index in [1.54, 1.807) is 0 Å². The minimum absolute atomic E-state index is 0.0624. The Morgan fingerprint density at radius 1 is 1.00 bits per heavy atom. The molecule has 0 atom stereocenters. The Balaban J connectivity index is 2.74. The zero-order valence-corrected chi connectivity index (χ0v) is 10.1. The molecule has 0 heterocycles. The number of ketones is 1. The van der Waals surface area contributed by atoms with Crippen molar-refractivity contribution in [3.63, 3.8) is 0 Å². The van der Waals surface area contributed by atoms with Crippen molar-refractivity contribution in [2.45, 2.75) is 40.0 Å². The summed E-state index contributed by atoms with van der Waals surface area (Å²) in [4.78, 5) is 12.3. The van der Waals surface area contributed by atoms with Gasteiger partial charge in [-0.25, -0.2) is 0 Å². The molecule has 0 aromatic heterocycles. The summed E-state index contributed by atoms with van der Waals surface area (Å²) < 4.78 is 0. The number of fused-ring (bicyclic) bond motifs is 1. The maximum Gasteiger partial charge on any atom is 0.169 e. The molecular formula is C14H18O.